The minimum Gasteiger partial charge on any atom is -0.425 e. The smallest absolute Gasteiger partial charge is 0.425 e. The van der Waals surface area contributed by atoms with Crippen molar-refractivity contribution in [2.24, 2.45) is 10.9 Å². The van der Waals surface area contributed by atoms with Gasteiger partial charge in [-0.15, -0.1) is 0 Å². The molecule has 1 aliphatic rings. The van der Waals surface area contributed by atoms with Gasteiger partial charge < -0.3 is 4.74 Å². The zero-order valence-corrected chi connectivity index (χ0v) is 7.76. The van der Waals surface area contributed by atoms with Crippen molar-refractivity contribution < 1.29 is 22.7 Å². The van der Waals surface area contributed by atoms with E-state index in [2.05, 4.69) is 9.73 Å². The average molecular weight is 209 g/mol. The summed E-state index contributed by atoms with van der Waals surface area (Å²) in [6.45, 7) is 3.40. The monoisotopic (exact) mass is 209 g/mol. The van der Waals surface area contributed by atoms with Crippen molar-refractivity contribution in [3.8, 4) is 0 Å². The molecule has 0 aromatic rings. The molecule has 0 bridgehead atoms. The first-order valence-corrected chi connectivity index (χ1v) is 4.21. The summed E-state index contributed by atoms with van der Waals surface area (Å²) in [7, 11) is 0. The van der Waals surface area contributed by atoms with Gasteiger partial charge in [0.25, 0.3) is 6.23 Å². The Bertz CT molecular complexity index is 272. The molecule has 14 heavy (non-hydrogen) atoms. The van der Waals surface area contributed by atoms with Crippen LogP contribution in [0.15, 0.2) is 4.99 Å². The Morgan fingerprint density at radius 1 is 1.57 bits per heavy atom. The normalized spacial score (nSPS) is 24.5. The first kappa shape index (κ1) is 11.0. The van der Waals surface area contributed by atoms with Crippen LogP contribution in [-0.2, 0) is 9.53 Å². The summed E-state index contributed by atoms with van der Waals surface area (Å²) < 4.78 is 40.4. The van der Waals surface area contributed by atoms with Gasteiger partial charge in [0.15, 0.2) is 0 Å². The molecule has 0 spiro atoms. The van der Waals surface area contributed by atoms with Crippen molar-refractivity contribution in [1.29, 1.82) is 0 Å². The lowest BCUT2D eigenvalue weighted by Crippen LogP contribution is -2.27. The van der Waals surface area contributed by atoms with Crippen LogP contribution < -0.4 is 0 Å². The van der Waals surface area contributed by atoms with Crippen molar-refractivity contribution in [3.63, 3.8) is 0 Å². The lowest BCUT2D eigenvalue weighted by molar-refractivity contribution is -0.210. The standard InChI is InChI=1S/C8H10F3NO2/c1-3-4(2)5-6(13)14-7(12-5)8(9,10)11/h4,7H,3H2,1-2H3. The molecule has 0 aromatic heterocycles. The van der Waals surface area contributed by atoms with Crippen LogP contribution in [0, 0.1) is 5.92 Å². The predicted molar refractivity (Wildman–Crippen MR) is 42.8 cm³/mol. The van der Waals surface area contributed by atoms with E-state index in [1.807, 2.05) is 0 Å². The van der Waals surface area contributed by atoms with E-state index in [0.717, 1.165) is 0 Å². The van der Waals surface area contributed by atoms with E-state index < -0.39 is 18.4 Å². The lowest BCUT2D eigenvalue weighted by Gasteiger charge is -2.09. The van der Waals surface area contributed by atoms with Gasteiger partial charge in [-0.3, -0.25) is 0 Å². The maximum absolute atomic E-state index is 12.1. The summed E-state index contributed by atoms with van der Waals surface area (Å²) in [6, 6.07) is 0. The molecule has 0 fully saturated rings. The summed E-state index contributed by atoms with van der Waals surface area (Å²) >= 11 is 0. The Morgan fingerprint density at radius 3 is 2.50 bits per heavy atom. The molecule has 0 radical (unpaired) electrons. The maximum atomic E-state index is 12.1. The summed E-state index contributed by atoms with van der Waals surface area (Å²) in [5.74, 6) is -1.25. The highest BCUT2D eigenvalue weighted by atomic mass is 19.4. The molecule has 0 saturated carbocycles. The largest absolute Gasteiger partial charge is 0.447 e. The van der Waals surface area contributed by atoms with Crippen LogP contribution in [0.25, 0.3) is 0 Å². The molecule has 2 atom stereocenters. The number of cyclic esters (lactones) is 1. The third-order valence-electron chi connectivity index (χ3n) is 2.04. The van der Waals surface area contributed by atoms with Crippen LogP contribution in [0.4, 0.5) is 13.2 Å². The van der Waals surface area contributed by atoms with Gasteiger partial charge in [-0.05, 0) is 6.42 Å². The Hall–Kier alpha value is -1.07. The first-order chi connectivity index (χ1) is 6.36. The zero-order chi connectivity index (χ0) is 10.9. The highest BCUT2D eigenvalue weighted by Crippen LogP contribution is 2.28. The molecule has 3 nitrogen and oxygen atoms in total. The molecule has 0 amide bonds. The number of carbonyl (C=O) groups excluding carboxylic acids is 1. The van der Waals surface area contributed by atoms with Crippen molar-refractivity contribution in [2.45, 2.75) is 32.7 Å². The molecule has 1 rings (SSSR count). The second-order valence-electron chi connectivity index (χ2n) is 3.12. The number of aliphatic imine (C=N–C) groups is 1. The molecule has 1 aliphatic heterocycles. The van der Waals surface area contributed by atoms with E-state index in [-0.39, 0.29) is 11.6 Å². The minimum absolute atomic E-state index is 0.116. The molecular formula is C8H10F3NO2. The fraction of sp³-hybridized carbons (Fsp3) is 0.750. The summed E-state index contributed by atoms with van der Waals surface area (Å²) in [5, 5.41) is 0. The van der Waals surface area contributed by atoms with Gasteiger partial charge in [-0.25, -0.2) is 9.79 Å². The van der Waals surface area contributed by atoms with Crippen molar-refractivity contribution in [1.82, 2.24) is 0 Å². The lowest BCUT2D eigenvalue weighted by atomic mass is 10.0. The van der Waals surface area contributed by atoms with E-state index in [4.69, 9.17) is 0 Å². The molecule has 6 heteroatoms. The number of esters is 1. The van der Waals surface area contributed by atoms with Crippen LogP contribution in [0.3, 0.4) is 0 Å². The van der Waals surface area contributed by atoms with Crippen molar-refractivity contribution in [3.05, 3.63) is 0 Å². The Kier molecular flexibility index (Phi) is 2.82. The van der Waals surface area contributed by atoms with Crippen LogP contribution in [0.2, 0.25) is 0 Å². The Balaban J connectivity index is 2.83. The van der Waals surface area contributed by atoms with Crippen molar-refractivity contribution >= 4 is 11.7 Å². The predicted octanol–water partition coefficient (Wildman–Crippen LogP) is 1.92. The Labute approximate surface area is 79.0 Å². The topological polar surface area (TPSA) is 38.7 Å². The maximum Gasteiger partial charge on any atom is 0.447 e. The first-order valence-electron chi connectivity index (χ1n) is 4.21. The van der Waals surface area contributed by atoms with Gasteiger partial charge in [-0.2, -0.15) is 13.2 Å². The zero-order valence-electron chi connectivity index (χ0n) is 7.76. The fourth-order valence-electron chi connectivity index (χ4n) is 1.03. The molecule has 1 heterocycles. The van der Waals surface area contributed by atoms with Crippen LogP contribution in [0.5, 0.6) is 0 Å². The van der Waals surface area contributed by atoms with Gasteiger partial charge in [0.2, 0.25) is 0 Å². The number of ether oxygens (including phenoxy) is 1. The molecule has 0 aromatic carbocycles. The van der Waals surface area contributed by atoms with Crippen molar-refractivity contribution in [2.75, 3.05) is 0 Å². The van der Waals surface area contributed by atoms with E-state index in [1.165, 1.54) is 0 Å². The van der Waals surface area contributed by atoms with Crippen LogP contribution >= 0.6 is 0 Å². The third kappa shape index (κ3) is 2.05. The fourth-order valence-corrected chi connectivity index (χ4v) is 1.03. The van der Waals surface area contributed by atoms with E-state index in [1.54, 1.807) is 13.8 Å². The summed E-state index contributed by atoms with van der Waals surface area (Å²) in [4.78, 5) is 14.2. The number of hydrogen-bond donors (Lipinski definition) is 0. The number of hydrogen-bond acceptors (Lipinski definition) is 3. The molecule has 0 N–H and O–H groups in total. The molecule has 80 valence electrons. The molecule has 0 aliphatic carbocycles. The molecular weight excluding hydrogens is 199 g/mol. The highest BCUT2D eigenvalue weighted by Gasteiger charge is 2.48. The SMILES string of the molecule is CCC(C)C1=NC(C(F)(F)F)OC1=O. The number of carbonyl (C=O) groups is 1. The number of alkyl halides is 3. The summed E-state index contributed by atoms with van der Waals surface area (Å²) in [5.41, 5.74) is -0.116. The van der Waals surface area contributed by atoms with Crippen LogP contribution in [0.1, 0.15) is 20.3 Å². The number of rotatable bonds is 2. The van der Waals surface area contributed by atoms with E-state index >= 15 is 0 Å². The Morgan fingerprint density at radius 2 is 2.14 bits per heavy atom. The third-order valence-corrected chi connectivity index (χ3v) is 2.04. The van der Waals surface area contributed by atoms with Gasteiger partial charge in [0.1, 0.15) is 5.71 Å². The van der Waals surface area contributed by atoms with Gasteiger partial charge >= 0.3 is 12.1 Å². The average Bonchev–Trinajstić information content (AvgIpc) is 2.45. The van der Waals surface area contributed by atoms with Crippen LogP contribution in [-0.4, -0.2) is 24.1 Å². The highest BCUT2D eigenvalue weighted by molar-refractivity contribution is 6.38. The molecule has 0 saturated heterocycles. The number of nitrogens with zero attached hydrogens (tertiary/aromatic N) is 1. The second-order valence-corrected chi connectivity index (χ2v) is 3.12. The second kappa shape index (κ2) is 3.59. The van der Waals surface area contributed by atoms with Gasteiger partial charge in [0, 0.05) is 5.92 Å². The molecule has 2 unspecified atom stereocenters. The minimum atomic E-state index is -4.61. The van der Waals surface area contributed by atoms with Gasteiger partial charge in [0.05, 0.1) is 0 Å². The van der Waals surface area contributed by atoms with E-state index in [9.17, 15) is 18.0 Å². The van der Waals surface area contributed by atoms with E-state index in [0.29, 0.717) is 6.42 Å². The number of halogens is 3. The van der Waals surface area contributed by atoms with Gasteiger partial charge in [-0.1, -0.05) is 13.8 Å². The quantitative estimate of drug-likeness (QED) is 0.651. The summed E-state index contributed by atoms with van der Waals surface area (Å²) in [6.07, 6.45) is -6.36.